The monoisotopic (exact) mass is 253 g/mol. The highest BCUT2D eigenvalue weighted by Crippen LogP contribution is 2.27. The number of rotatable bonds is 2. The van der Waals surface area contributed by atoms with Crippen LogP contribution in [0.15, 0.2) is 12.2 Å². The van der Waals surface area contributed by atoms with Gasteiger partial charge in [-0.2, -0.15) is 13.2 Å². The Labute approximate surface area is 94.2 Å². The van der Waals surface area contributed by atoms with E-state index < -0.39 is 29.7 Å². The third-order valence-electron chi connectivity index (χ3n) is 2.41. The average molecular weight is 253 g/mol. The molecule has 0 bridgehead atoms. The van der Waals surface area contributed by atoms with Gasteiger partial charge in [-0.15, -0.1) is 0 Å². The van der Waals surface area contributed by atoms with Crippen molar-refractivity contribution in [2.45, 2.75) is 24.2 Å². The number of hydrogen-bond donors (Lipinski definition) is 2. The molecule has 96 valence electrons. The van der Waals surface area contributed by atoms with Crippen molar-refractivity contribution in [2.75, 3.05) is 7.11 Å². The lowest BCUT2D eigenvalue weighted by Gasteiger charge is -2.30. The molecule has 1 aliphatic rings. The van der Waals surface area contributed by atoms with Crippen LogP contribution >= 0.6 is 0 Å². The molecule has 1 amide bonds. The van der Waals surface area contributed by atoms with Crippen LogP contribution in [-0.2, 0) is 14.3 Å². The van der Waals surface area contributed by atoms with Crippen molar-refractivity contribution in [1.29, 1.82) is 0 Å². The van der Waals surface area contributed by atoms with Gasteiger partial charge in [0.05, 0.1) is 7.11 Å². The maximum absolute atomic E-state index is 12.1. The molecule has 2 atom stereocenters. The van der Waals surface area contributed by atoms with Gasteiger partial charge in [-0.3, -0.25) is 4.79 Å². The zero-order valence-corrected chi connectivity index (χ0v) is 8.75. The second-order valence-electron chi connectivity index (χ2n) is 3.49. The van der Waals surface area contributed by atoms with Crippen LogP contribution in [0.4, 0.5) is 13.2 Å². The highest BCUT2D eigenvalue weighted by Gasteiger charge is 2.52. The lowest BCUT2D eigenvalue weighted by atomic mass is 9.94. The molecule has 0 aromatic rings. The molecule has 0 fully saturated rings. The van der Waals surface area contributed by atoms with Crippen molar-refractivity contribution in [2.24, 2.45) is 0 Å². The molecule has 0 heterocycles. The maximum atomic E-state index is 12.1. The van der Waals surface area contributed by atoms with Gasteiger partial charge in [0.2, 0.25) is 0 Å². The van der Waals surface area contributed by atoms with Gasteiger partial charge in [0, 0.05) is 6.42 Å². The Hall–Kier alpha value is -1.57. The minimum atomic E-state index is -5.14. The molecular formula is C9H10F3NO4. The third-order valence-corrected chi connectivity index (χ3v) is 2.41. The molecular weight excluding hydrogens is 243 g/mol. The first-order valence-corrected chi connectivity index (χ1v) is 4.56. The van der Waals surface area contributed by atoms with Gasteiger partial charge in [0.25, 0.3) is 0 Å². The lowest BCUT2D eigenvalue weighted by Crippen LogP contribution is -2.62. The number of carbonyl (C=O) groups is 2. The summed E-state index contributed by atoms with van der Waals surface area (Å²) in [5, 5.41) is 11.0. The summed E-state index contributed by atoms with van der Waals surface area (Å²) in [6, 6.07) is 0. The zero-order chi connectivity index (χ0) is 13.3. The first-order valence-electron chi connectivity index (χ1n) is 4.56. The molecule has 0 aliphatic heterocycles. The first kappa shape index (κ1) is 13.5. The van der Waals surface area contributed by atoms with Crippen LogP contribution in [0.5, 0.6) is 0 Å². The summed E-state index contributed by atoms with van der Waals surface area (Å²) in [4.78, 5) is 22.2. The van der Waals surface area contributed by atoms with Crippen molar-refractivity contribution >= 4 is 11.9 Å². The molecule has 1 aliphatic carbocycles. The SMILES string of the molecule is COC(=O)C1(NC(=O)C(F)(F)F)CC=CC1O. The number of methoxy groups -OCH3 is 1. The maximum Gasteiger partial charge on any atom is 0.471 e. The molecule has 8 heteroatoms. The topological polar surface area (TPSA) is 75.6 Å². The van der Waals surface area contributed by atoms with Gasteiger partial charge < -0.3 is 15.2 Å². The normalized spacial score (nSPS) is 27.9. The smallest absolute Gasteiger partial charge is 0.467 e. The van der Waals surface area contributed by atoms with E-state index in [-0.39, 0.29) is 6.42 Å². The van der Waals surface area contributed by atoms with Crippen LogP contribution in [0.3, 0.4) is 0 Å². The largest absolute Gasteiger partial charge is 0.471 e. The highest BCUT2D eigenvalue weighted by atomic mass is 19.4. The fourth-order valence-electron chi connectivity index (χ4n) is 1.50. The predicted molar refractivity (Wildman–Crippen MR) is 48.7 cm³/mol. The van der Waals surface area contributed by atoms with Crippen LogP contribution < -0.4 is 5.32 Å². The van der Waals surface area contributed by atoms with Crippen molar-refractivity contribution in [3.8, 4) is 0 Å². The second kappa shape index (κ2) is 4.36. The zero-order valence-electron chi connectivity index (χ0n) is 8.75. The number of esters is 1. The molecule has 0 spiro atoms. The van der Waals surface area contributed by atoms with Crippen LogP contribution in [0.25, 0.3) is 0 Å². The fourth-order valence-corrected chi connectivity index (χ4v) is 1.50. The Balaban J connectivity index is 2.95. The van der Waals surface area contributed by atoms with Crippen LogP contribution in [0.1, 0.15) is 6.42 Å². The summed E-state index contributed by atoms with van der Waals surface area (Å²) in [7, 11) is 0.953. The van der Waals surface area contributed by atoms with Crippen LogP contribution in [0.2, 0.25) is 0 Å². The number of aliphatic hydroxyl groups is 1. The van der Waals surface area contributed by atoms with E-state index >= 15 is 0 Å². The predicted octanol–water partition coefficient (Wildman–Crippen LogP) is -0.102. The third kappa shape index (κ3) is 2.41. The Morgan fingerprint density at radius 2 is 2.12 bits per heavy atom. The number of aliphatic hydroxyl groups excluding tert-OH is 1. The van der Waals surface area contributed by atoms with E-state index in [0.29, 0.717) is 0 Å². The van der Waals surface area contributed by atoms with Crippen LogP contribution in [-0.4, -0.2) is 41.9 Å². The number of ether oxygens (including phenoxy) is 1. The van der Waals surface area contributed by atoms with E-state index in [4.69, 9.17) is 0 Å². The van der Waals surface area contributed by atoms with Crippen molar-refractivity contribution in [3.05, 3.63) is 12.2 Å². The number of hydrogen-bond acceptors (Lipinski definition) is 4. The number of nitrogens with one attached hydrogen (secondary N) is 1. The van der Waals surface area contributed by atoms with Gasteiger partial charge in [-0.25, -0.2) is 4.79 Å². The summed E-state index contributed by atoms with van der Waals surface area (Å²) in [5.74, 6) is -3.43. The molecule has 0 saturated carbocycles. The molecule has 5 nitrogen and oxygen atoms in total. The Morgan fingerprint density at radius 3 is 2.47 bits per heavy atom. The second-order valence-corrected chi connectivity index (χ2v) is 3.49. The molecule has 0 aromatic carbocycles. The van der Waals surface area contributed by atoms with E-state index in [2.05, 4.69) is 4.74 Å². The van der Waals surface area contributed by atoms with Gasteiger partial charge in [0.15, 0.2) is 5.54 Å². The van der Waals surface area contributed by atoms with Crippen LogP contribution in [0, 0.1) is 0 Å². The van der Waals surface area contributed by atoms with Gasteiger partial charge in [0.1, 0.15) is 6.10 Å². The Morgan fingerprint density at radius 1 is 1.53 bits per heavy atom. The average Bonchev–Trinajstić information content (AvgIpc) is 2.59. The lowest BCUT2D eigenvalue weighted by molar-refractivity contribution is -0.179. The summed E-state index contributed by atoms with van der Waals surface area (Å²) in [5.41, 5.74) is -2.10. The van der Waals surface area contributed by atoms with Gasteiger partial charge in [-0.05, 0) is 0 Å². The minimum absolute atomic E-state index is 0.261. The molecule has 1 rings (SSSR count). The number of alkyl halides is 3. The first-order chi connectivity index (χ1) is 7.74. The Kier molecular flexibility index (Phi) is 3.46. The molecule has 0 aromatic heterocycles. The van der Waals surface area contributed by atoms with Crippen molar-refractivity contribution in [3.63, 3.8) is 0 Å². The summed E-state index contributed by atoms with van der Waals surface area (Å²) < 4.78 is 40.6. The standard InChI is InChI=1S/C9H10F3NO4/c1-17-7(16)8(4-2-3-5(8)14)13-6(15)9(10,11)12/h2-3,5,14H,4H2,1H3,(H,13,15). The Bertz CT molecular complexity index is 366. The van der Waals surface area contributed by atoms with Crippen molar-refractivity contribution < 1.29 is 32.6 Å². The van der Waals surface area contributed by atoms with E-state index in [1.165, 1.54) is 11.4 Å². The highest BCUT2D eigenvalue weighted by molar-refractivity contribution is 5.91. The molecule has 0 saturated heterocycles. The van der Waals surface area contributed by atoms with Gasteiger partial charge in [-0.1, -0.05) is 12.2 Å². The summed E-state index contributed by atoms with van der Waals surface area (Å²) in [6.07, 6.45) is -4.54. The van der Waals surface area contributed by atoms with Crippen molar-refractivity contribution in [1.82, 2.24) is 5.32 Å². The fraction of sp³-hybridized carbons (Fsp3) is 0.556. The molecule has 17 heavy (non-hydrogen) atoms. The quantitative estimate of drug-likeness (QED) is 0.532. The van der Waals surface area contributed by atoms with E-state index in [9.17, 15) is 27.9 Å². The minimum Gasteiger partial charge on any atom is -0.467 e. The molecule has 2 N–H and O–H groups in total. The summed E-state index contributed by atoms with van der Waals surface area (Å²) >= 11 is 0. The van der Waals surface area contributed by atoms with E-state index in [0.717, 1.165) is 13.2 Å². The number of carbonyl (C=O) groups excluding carboxylic acids is 2. The number of amides is 1. The summed E-state index contributed by atoms with van der Waals surface area (Å²) in [6.45, 7) is 0. The molecule has 2 unspecified atom stereocenters. The van der Waals surface area contributed by atoms with E-state index in [1.807, 2.05) is 0 Å². The molecule has 0 radical (unpaired) electrons. The van der Waals surface area contributed by atoms with E-state index in [1.54, 1.807) is 0 Å². The number of halogens is 3. The van der Waals surface area contributed by atoms with Gasteiger partial charge >= 0.3 is 18.1 Å².